The van der Waals surface area contributed by atoms with Crippen molar-refractivity contribution in [1.82, 2.24) is 20.2 Å². The predicted octanol–water partition coefficient (Wildman–Crippen LogP) is 0.464. The Bertz CT molecular complexity index is 326. The lowest BCUT2D eigenvalue weighted by atomic mass is 10.3. The van der Waals surface area contributed by atoms with E-state index in [0.29, 0.717) is 32.0 Å². The van der Waals surface area contributed by atoms with Crippen LogP contribution in [0.5, 0.6) is 0 Å². The first-order valence-electron chi connectivity index (χ1n) is 5.28. The standard InChI is InChI=1S/C9H16N4O3/c1-2-6-16-7-8-10-11-12-13(8)5-3-4-9(14)15/h2-7H2,1H3,(H,14,15). The van der Waals surface area contributed by atoms with Crippen LogP contribution in [0.4, 0.5) is 0 Å². The third kappa shape index (κ3) is 4.35. The van der Waals surface area contributed by atoms with E-state index >= 15 is 0 Å². The number of nitrogens with zero attached hydrogens (tertiary/aromatic N) is 4. The quantitative estimate of drug-likeness (QED) is 0.650. The number of aryl methyl sites for hydroxylation is 1. The minimum Gasteiger partial charge on any atom is -0.481 e. The van der Waals surface area contributed by atoms with Crippen LogP contribution in [-0.2, 0) is 22.7 Å². The largest absolute Gasteiger partial charge is 0.481 e. The van der Waals surface area contributed by atoms with Crippen molar-refractivity contribution in [1.29, 1.82) is 0 Å². The number of tetrazole rings is 1. The van der Waals surface area contributed by atoms with Gasteiger partial charge in [-0.3, -0.25) is 4.79 Å². The molecule has 1 aromatic rings. The van der Waals surface area contributed by atoms with Crippen molar-refractivity contribution in [2.45, 2.75) is 39.3 Å². The summed E-state index contributed by atoms with van der Waals surface area (Å²) in [5, 5.41) is 19.6. The number of rotatable bonds is 8. The van der Waals surface area contributed by atoms with Crippen molar-refractivity contribution < 1.29 is 14.6 Å². The number of aromatic nitrogens is 4. The summed E-state index contributed by atoms with van der Waals surface area (Å²) >= 11 is 0. The Labute approximate surface area is 93.4 Å². The SMILES string of the molecule is CCCOCc1nnnn1CCCC(=O)O. The lowest BCUT2D eigenvalue weighted by molar-refractivity contribution is -0.137. The molecule has 1 N–H and O–H groups in total. The van der Waals surface area contributed by atoms with Crippen LogP contribution in [-0.4, -0.2) is 37.9 Å². The van der Waals surface area contributed by atoms with Crippen LogP contribution in [0, 0.1) is 0 Å². The van der Waals surface area contributed by atoms with Crippen LogP contribution in [0.25, 0.3) is 0 Å². The number of carboxylic acid groups (broad SMARTS) is 1. The molecule has 0 radical (unpaired) electrons. The molecule has 0 saturated carbocycles. The Morgan fingerprint density at radius 3 is 3.06 bits per heavy atom. The van der Waals surface area contributed by atoms with Crippen LogP contribution in [0.2, 0.25) is 0 Å². The molecule has 0 amide bonds. The summed E-state index contributed by atoms with van der Waals surface area (Å²) in [6.07, 6.45) is 1.58. The van der Waals surface area contributed by atoms with Gasteiger partial charge in [-0.15, -0.1) is 5.10 Å². The first-order chi connectivity index (χ1) is 7.74. The van der Waals surface area contributed by atoms with Gasteiger partial charge in [-0.1, -0.05) is 6.92 Å². The van der Waals surface area contributed by atoms with E-state index in [4.69, 9.17) is 9.84 Å². The van der Waals surface area contributed by atoms with Crippen molar-refractivity contribution in [3.8, 4) is 0 Å². The van der Waals surface area contributed by atoms with Gasteiger partial charge in [0.15, 0.2) is 5.82 Å². The Balaban J connectivity index is 2.34. The van der Waals surface area contributed by atoms with Gasteiger partial charge in [0.05, 0.1) is 0 Å². The molecule has 0 spiro atoms. The van der Waals surface area contributed by atoms with Gasteiger partial charge < -0.3 is 9.84 Å². The topological polar surface area (TPSA) is 90.1 Å². The number of ether oxygens (including phenoxy) is 1. The van der Waals surface area contributed by atoms with Gasteiger partial charge in [0.25, 0.3) is 0 Å². The Kier molecular flexibility index (Phi) is 5.41. The van der Waals surface area contributed by atoms with Gasteiger partial charge >= 0.3 is 5.97 Å². The summed E-state index contributed by atoms with van der Waals surface area (Å²) in [5.74, 6) is -0.171. The summed E-state index contributed by atoms with van der Waals surface area (Å²) in [7, 11) is 0. The highest BCUT2D eigenvalue weighted by molar-refractivity contribution is 5.66. The minimum atomic E-state index is -0.808. The Hall–Kier alpha value is -1.50. The maximum Gasteiger partial charge on any atom is 0.303 e. The Morgan fingerprint density at radius 1 is 1.56 bits per heavy atom. The molecule has 1 aromatic heterocycles. The molecule has 0 bridgehead atoms. The molecule has 0 fully saturated rings. The van der Waals surface area contributed by atoms with Crippen molar-refractivity contribution in [2.24, 2.45) is 0 Å². The monoisotopic (exact) mass is 228 g/mol. The highest BCUT2D eigenvalue weighted by atomic mass is 16.5. The molecule has 7 heteroatoms. The molecule has 1 rings (SSSR count). The second-order valence-corrected chi connectivity index (χ2v) is 3.37. The minimum absolute atomic E-state index is 0.120. The number of hydrogen-bond donors (Lipinski definition) is 1. The normalized spacial score (nSPS) is 10.6. The molecule has 16 heavy (non-hydrogen) atoms. The van der Waals surface area contributed by atoms with Gasteiger partial charge in [0.1, 0.15) is 6.61 Å². The molecule has 0 saturated heterocycles. The molecule has 7 nitrogen and oxygen atoms in total. The zero-order valence-electron chi connectivity index (χ0n) is 9.30. The fraction of sp³-hybridized carbons (Fsp3) is 0.778. The summed E-state index contributed by atoms with van der Waals surface area (Å²) in [5.41, 5.74) is 0. The first-order valence-corrected chi connectivity index (χ1v) is 5.28. The van der Waals surface area contributed by atoms with E-state index in [9.17, 15) is 4.79 Å². The second-order valence-electron chi connectivity index (χ2n) is 3.37. The molecule has 0 aliphatic rings. The van der Waals surface area contributed by atoms with Gasteiger partial charge in [-0.05, 0) is 23.3 Å². The fourth-order valence-electron chi connectivity index (χ4n) is 1.19. The van der Waals surface area contributed by atoms with Crippen molar-refractivity contribution >= 4 is 5.97 Å². The smallest absolute Gasteiger partial charge is 0.303 e. The highest BCUT2D eigenvalue weighted by Gasteiger charge is 2.06. The number of carbonyl (C=O) groups is 1. The van der Waals surface area contributed by atoms with Gasteiger partial charge in [-0.25, -0.2) is 4.68 Å². The summed E-state index contributed by atoms with van der Waals surface area (Å²) < 4.78 is 6.90. The van der Waals surface area contributed by atoms with Crippen molar-refractivity contribution in [3.05, 3.63) is 5.82 Å². The van der Waals surface area contributed by atoms with Crippen LogP contribution >= 0.6 is 0 Å². The van der Waals surface area contributed by atoms with E-state index in [2.05, 4.69) is 15.5 Å². The molecule has 90 valence electrons. The number of hydrogen-bond acceptors (Lipinski definition) is 5. The van der Waals surface area contributed by atoms with Gasteiger partial charge in [-0.2, -0.15) is 0 Å². The lowest BCUT2D eigenvalue weighted by Gasteiger charge is -2.03. The molecular weight excluding hydrogens is 212 g/mol. The number of carboxylic acids is 1. The molecule has 1 heterocycles. The van der Waals surface area contributed by atoms with E-state index in [1.165, 1.54) is 0 Å². The molecule has 0 unspecified atom stereocenters. The molecular formula is C9H16N4O3. The lowest BCUT2D eigenvalue weighted by Crippen LogP contribution is -2.09. The highest BCUT2D eigenvalue weighted by Crippen LogP contribution is 1.99. The first kappa shape index (κ1) is 12.6. The van der Waals surface area contributed by atoms with Crippen molar-refractivity contribution in [2.75, 3.05) is 6.61 Å². The summed E-state index contributed by atoms with van der Waals surface area (Å²) in [4.78, 5) is 10.3. The average molecular weight is 228 g/mol. The van der Waals surface area contributed by atoms with Crippen LogP contribution in [0.15, 0.2) is 0 Å². The predicted molar refractivity (Wildman–Crippen MR) is 54.6 cm³/mol. The molecule has 0 aliphatic heterocycles. The zero-order chi connectivity index (χ0) is 11.8. The fourth-order valence-corrected chi connectivity index (χ4v) is 1.19. The third-order valence-corrected chi connectivity index (χ3v) is 1.95. The molecule has 0 aromatic carbocycles. The van der Waals surface area contributed by atoms with Crippen LogP contribution < -0.4 is 0 Å². The summed E-state index contributed by atoms with van der Waals surface area (Å²) in [6.45, 7) is 3.57. The van der Waals surface area contributed by atoms with E-state index < -0.39 is 5.97 Å². The molecule has 0 aliphatic carbocycles. The van der Waals surface area contributed by atoms with E-state index in [1.54, 1.807) is 4.68 Å². The van der Waals surface area contributed by atoms with Crippen molar-refractivity contribution in [3.63, 3.8) is 0 Å². The number of aliphatic carboxylic acids is 1. The third-order valence-electron chi connectivity index (χ3n) is 1.95. The maximum absolute atomic E-state index is 10.3. The van der Waals surface area contributed by atoms with Gasteiger partial charge in [0, 0.05) is 19.6 Å². The summed E-state index contributed by atoms with van der Waals surface area (Å²) in [6, 6.07) is 0. The van der Waals surface area contributed by atoms with E-state index in [0.717, 1.165) is 6.42 Å². The second kappa shape index (κ2) is 6.89. The van der Waals surface area contributed by atoms with Crippen LogP contribution in [0.1, 0.15) is 32.0 Å². The zero-order valence-corrected chi connectivity index (χ0v) is 9.30. The Morgan fingerprint density at radius 2 is 2.38 bits per heavy atom. The van der Waals surface area contributed by atoms with Crippen LogP contribution in [0.3, 0.4) is 0 Å². The van der Waals surface area contributed by atoms with Gasteiger partial charge in [0.2, 0.25) is 0 Å². The van der Waals surface area contributed by atoms with E-state index in [1.807, 2.05) is 6.92 Å². The van der Waals surface area contributed by atoms with E-state index in [-0.39, 0.29) is 6.42 Å². The molecule has 0 atom stereocenters. The average Bonchev–Trinajstić information content (AvgIpc) is 2.66. The maximum atomic E-state index is 10.3.